The van der Waals surface area contributed by atoms with Crippen molar-refractivity contribution in [1.82, 2.24) is 5.43 Å². The van der Waals surface area contributed by atoms with Crippen molar-refractivity contribution in [2.75, 3.05) is 0 Å². The zero-order valence-corrected chi connectivity index (χ0v) is 14.6. The Morgan fingerprint density at radius 2 is 2.00 bits per heavy atom. The molecule has 1 fully saturated rings. The van der Waals surface area contributed by atoms with Gasteiger partial charge in [0.1, 0.15) is 0 Å². The normalized spacial score (nSPS) is 16.5. The van der Waals surface area contributed by atoms with Gasteiger partial charge in [-0.05, 0) is 76.2 Å². The average molecular weight is 413 g/mol. The lowest BCUT2D eigenvalue weighted by atomic mass is 9.79. The largest absolute Gasteiger partial charge is 0.271 e. The first kappa shape index (κ1) is 15.3. The van der Waals surface area contributed by atoms with Crippen LogP contribution in [0.25, 0.3) is 0 Å². The molecular formula is C17H18ClIN2. The van der Waals surface area contributed by atoms with Crippen LogP contribution in [0.2, 0.25) is 5.02 Å². The van der Waals surface area contributed by atoms with Crippen molar-refractivity contribution in [1.29, 1.82) is 0 Å². The zero-order valence-electron chi connectivity index (χ0n) is 11.7. The molecule has 2 aromatic rings. The van der Waals surface area contributed by atoms with Crippen molar-refractivity contribution in [2.24, 2.45) is 5.84 Å². The fourth-order valence-electron chi connectivity index (χ4n) is 2.84. The third kappa shape index (κ3) is 3.26. The second-order valence-electron chi connectivity index (χ2n) is 5.56. The molecule has 0 aliphatic heterocycles. The summed E-state index contributed by atoms with van der Waals surface area (Å²) in [6.07, 6.45) is 3.96. The Kier molecular flexibility index (Phi) is 4.84. The molecule has 4 heteroatoms. The number of benzene rings is 2. The van der Waals surface area contributed by atoms with E-state index in [9.17, 15) is 0 Å². The van der Waals surface area contributed by atoms with Crippen molar-refractivity contribution >= 4 is 34.2 Å². The van der Waals surface area contributed by atoms with Crippen LogP contribution in [0, 0.1) is 3.57 Å². The van der Waals surface area contributed by atoms with Crippen molar-refractivity contribution in [3.63, 3.8) is 0 Å². The SMILES string of the molecule is NNC(c1cccc(C2CCC2)c1)c1cc(Cl)ccc1I. The molecule has 0 aromatic heterocycles. The quantitative estimate of drug-likeness (QED) is 0.431. The lowest BCUT2D eigenvalue weighted by Gasteiger charge is -2.27. The number of hydrazine groups is 1. The van der Waals surface area contributed by atoms with E-state index >= 15 is 0 Å². The molecule has 2 aromatic carbocycles. The van der Waals surface area contributed by atoms with Gasteiger partial charge in [-0.1, -0.05) is 42.3 Å². The van der Waals surface area contributed by atoms with Crippen LogP contribution in [0.15, 0.2) is 42.5 Å². The fraction of sp³-hybridized carbons (Fsp3) is 0.294. The van der Waals surface area contributed by atoms with Gasteiger partial charge in [0.25, 0.3) is 0 Å². The Balaban J connectivity index is 1.97. The highest BCUT2D eigenvalue weighted by Crippen LogP contribution is 2.37. The summed E-state index contributed by atoms with van der Waals surface area (Å²) in [5.41, 5.74) is 6.69. The molecule has 3 N–H and O–H groups in total. The predicted octanol–water partition coefficient (Wildman–Crippen LogP) is 4.76. The lowest BCUT2D eigenvalue weighted by Crippen LogP contribution is -2.29. The van der Waals surface area contributed by atoms with Crippen LogP contribution in [0.3, 0.4) is 0 Å². The Labute approximate surface area is 144 Å². The first-order valence-electron chi connectivity index (χ1n) is 7.20. The van der Waals surface area contributed by atoms with Crippen LogP contribution in [-0.2, 0) is 0 Å². The highest BCUT2D eigenvalue weighted by Gasteiger charge is 2.21. The van der Waals surface area contributed by atoms with Gasteiger partial charge in [-0.2, -0.15) is 0 Å². The van der Waals surface area contributed by atoms with Crippen LogP contribution in [-0.4, -0.2) is 0 Å². The molecule has 0 heterocycles. The number of nitrogens with one attached hydrogen (secondary N) is 1. The molecule has 21 heavy (non-hydrogen) atoms. The Bertz CT molecular complexity index is 640. The van der Waals surface area contributed by atoms with Gasteiger partial charge in [0, 0.05) is 8.59 Å². The van der Waals surface area contributed by atoms with E-state index in [0.717, 1.165) is 20.1 Å². The molecule has 0 spiro atoms. The van der Waals surface area contributed by atoms with Crippen LogP contribution < -0.4 is 11.3 Å². The van der Waals surface area contributed by atoms with Crippen molar-refractivity contribution in [3.05, 3.63) is 67.7 Å². The second-order valence-corrected chi connectivity index (χ2v) is 7.16. The van der Waals surface area contributed by atoms with Crippen molar-refractivity contribution < 1.29 is 0 Å². The van der Waals surface area contributed by atoms with Crippen LogP contribution >= 0.6 is 34.2 Å². The van der Waals surface area contributed by atoms with Crippen LogP contribution in [0.5, 0.6) is 0 Å². The van der Waals surface area contributed by atoms with E-state index in [-0.39, 0.29) is 6.04 Å². The van der Waals surface area contributed by atoms with Crippen molar-refractivity contribution in [2.45, 2.75) is 31.2 Å². The number of halogens is 2. The molecule has 0 bridgehead atoms. The highest BCUT2D eigenvalue weighted by atomic mass is 127. The average Bonchev–Trinajstić information content (AvgIpc) is 2.42. The Hall–Kier alpha value is -0.620. The Morgan fingerprint density at radius 1 is 1.19 bits per heavy atom. The smallest absolute Gasteiger partial charge is 0.0720 e. The molecule has 1 saturated carbocycles. The summed E-state index contributed by atoms with van der Waals surface area (Å²) in [6.45, 7) is 0. The summed E-state index contributed by atoms with van der Waals surface area (Å²) < 4.78 is 1.16. The van der Waals surface area contributed by atoms with Crippen LogP contribution in [0.1, 0.15) is 47.9 Å². The number of rotatable bonds is 4. The minimum Gasteiger partial charge on any atom is -0.271 e. The molecule has 0 saturated heterocycles. The standard InChI is InChI=1S/C17H18ClIN2/c18-14-7-8-16(19)15(10-14)17(21-20)13-6-2-5-12(9-13)11-3-1-4-11/h2,5-11,17,21H,1,3-4,20H2. The van der Waals surface area contributed by atoms with Gasteiger partial charge in [-0.15, -0.1) is 0 Å². The van der Waals surface area contributed by atoms with Crippen LogP contribution in [0.4, 0.5) is 0 Å². The minimum atomic E-state index is -0.0318. The van der Waals surface area contributed by atoms with E-state index in [1.807, 2.05) is 18.2 Å². The van der Waals surface area contributed by atoms with E-state index < -0.39 is 0 Å². The van der Waals surface area contributed by atoms with Gasteiger partial charge >= 0.3 is 0 Å². The third-order valence-electron chi connectivity index (χ3n) is 4.26. The molecule has 1 aliphatic rings. The predicted molar refractivity (Wildman–Crippen MR) is 96.4 cm³/mol. The van der Waals surface area contributed by atoms with Crippen molar-refractivity contribution in [3.8, 4) is 0 Å². The maximum Gasteiger partial charge on any atom is 0.0720 e. The van der Waals surface area contributed by atoms with Gasteiger partial charge in [0.2, 0.25) is 0 Å². The first-order valence-corrected chi connectivity index (χ1v) is 8.65. The summed E-state index contributed by atoms with van der Waals surface area (Å²) in [5, 5.41) is 0.737. The number of hydrogen-bond acceptors (Lipinski definition) is 2. The highest BCUT2D eigenvalue weighted by molar-refractivity contribution is 14.1. The molecule has 3 rings (SSSR count). The molecule has 2 nitrogen and oxygen atoms in total. The first-order chi connectivity index (χ1) is 10.2. The van der Waals surface area contributed by atoms with Gasteiger partial charge in [0.05, 0.1) is 6.04 Å². The fourth-order valence-corrected chi connectivity index (χ4v) is 3.66. The van der Waals surface area contributed by atoms with Gasteiger partial charge in [0.15, 0.2) is 0 Å². The van der Waals surface area contributed by atoms with E-state index in [1.165, 1.54) is 30.4 Å². The summed E-state index contributed by atoms with van der Waals surface area (Å²) in [7, 11) is 0. The Morgan fingerprint density at radius 3 is 2.67 bits per heavy atom. The van der Waals surface area contributed by atoms with E-state index in [2.05, 4.69) is 52.3 Å². The van der Waals surface area contributed by atoms with Gasteiger partial charge in [-0.25, -0.2) is 5.43 Å². The van der Waals surface area contributed by atoms with E-state index in [0.29, 0.717) is 0 Å². The maximum absolute atomic E-state index is 6.15. The molecule has 110 valence electrons. The summed E-state index contributed by atoms with van der Waals surface area (Å²) in [4.78, 5) is 0. The molecule has 1 unspecified atom stereocenters. The molecule has 0 radical (unpaired) electrons. The van der Waals surface area contributed by atoms with E-state index in [1.54, 1.807) is 0 Å². The molecule has 1 atom stereocenters. The maximum atomic E-state index is 6.15. The molecule has 1 aliphatic carbocycles. The van der Waals surface area contributed by atoms with Gasteiger partial charge < -0.3 is 0 Å². The number of hydrogen-bond donors (Lipinski definition) is 2. The third-order valence-corrected chi connectivity index (χ3v) is 5.47. The lowest BCUT2D eigenvalue weighted by molar-refractivity contribution is 0.419. The summed E-state index contributed by atoms with van der Waals surface area (Å²) in [5.74, 6) is 6.56. The summed E-state index contributed by atoms with van der Waals surface area (Å²) in [6, 6.07) is 14.7. The zero-order chi connectivity index (χ0) is 14.8. The monoisotopic (exact) mass is 412 g/mol. The van der Waals surface area contributed by atoms with Gasteiger partial charge in [-0.3, -0.25) is 5.84 Å². The molecule has 0 amide bonds. The van der Waals surface area contributed by atoms with E-state index in [4.69, 9.17) is 17.4 Å². The molecular weight excluding hydrogens is 395 g/mol. The summed E-state index contributed by atoms with van der Waals surface area (Å²) >= 11 is 8.48. The number of nitrogens with two attached hydrogens (primary N) is 1. The minimum absolute atomic E-state index is 0.0318. The topological polar surface area (TPSA) is 38.0 Å². The second kappa shape index (κ2) is 6.65.